The molecule has 0 aliphatic rings. The fourth-order valence-corrected chi connectivity index (χ4v) is 3.33. The van der Waals surface area contributed by atoms with Gasteiger partial charge < -0.3 is 10.4 Å². The van der Waals surface area contributed by atoms with E-state index in [0.717, 1.165) is 0 Å². The number of carbonyl (C=O) groups is 2. The quantitative estimate of drug-likeness (QED) is 0.545. The van der Waals surface area contributed by atoms with Crippen molar-refractivity contribution in [3.8, 4) is 0 Å². The summed E-state index contributed by atoms with van der Waals surface area (Å²) in [7, 11) is -3.74. The standard InChI is InChI=1S/C17H24N2O5S/c1-4-10-19-25(23,24)14-9-7-8-13(11-14)15(20)18-12-17(5-2,6-3)16(21)22/h4,7-9,11,19H,1,5-6,10,12H2,2-3H3,(H,18,20)(H,21,22). The van der Waals surface area contributed by atoms with Crippen LogP contribution in [0.15, 0.2) is 41.8 Å². The minimum Gasteiger partial charge on any atom is -0.481 e. The normalized spacial score (nSPS) is 11.8. The van der Waals surface area contributed by atoms with Gasteiger partial charge in [-0.2, -0.15) is 0 Å². The van der Waals surface area contributed by atoms with Crippen molar-refractivity contribution in [1.29, 1.82) is 0 Å². The van der Waals surface area contributed by atoms with E-state index in [4.69, 9.17) is 0 Å². The number of rotatable bonds is 10. The Morgan fingerprint density at radius 3 is 2.44 bits per heavy atom. The van der Waals surface area contributed by atoms with Gasteiger partial charge in [-0.15, -0.1) is 6.58 Å². The summed E-state index contributed by atoms with van der Waals surface area (Å²) in [6, 6.07) is 5.56. The van der Waals surface area contributed by atoms with Gasteiger partial charge in [0.2, 0.25) is 10.0 Å². The second kappa shape index (κ2) is 8.77. The SMILES string of the molecule is C=CCNS(=O)(=O)c1cccc(C(=O)NCC(CC)(CC)C(=O)O)c1. The summed E-state index contributed by atoms with van der Waals surface area (Å²) >= 11 is 0. The van der Waals surface area contributed by atoms with E-state index in [9.17, 15) is 23.1 Å². The molecular weight excluding hydrogens is 344 g/mol. The molecule has 0 aromatic heterocycles. The average Bonchev–Trinajstić information content (AvgIpc) is 2.61. The zero-order valence-electron chi connectivity index (χ0n) is 14.4. The van der Waals surface area contributed by atoms with Crippen LogP contribution in [-0.4, -0.2) is 38.5 Å². The zero-order valence-corrected chi connectivity index (χ0v) is 15.2. The fourth-order valence-electron chi connectivity index (χ4n) is 2.29. The van der Waals surface area contributed by atoms with Crippen LogP contribution < -0.4 is 10.0 Å². The van der Waals surface area contributed by atoms with Gasteiger partial charge in [-0.25, -0.2) is 13.1 Å². The molecule has 1 aromatic rings. The van der Waals surface area contributed by atoms with E-state index in [-0.39, 0.29) is 23.5 Å². The molecule has 7 nitrogen and oxygen atoms in total. The predicted molar refractivity (Wildman–Crippen MR) is 94.8 cm³/mol. The summed E-state index contributed by atoms with van der Waals surface area (Å²) < 4.78 is 26.5. The summed E-state index contributed by atoms with van der Waals surface area (Å²) in [4.78, 5) is 23.7. The van der Waals surface area contributed by atoms with Gasteiger partial charge in [0.05, 0.1) is 10.3 Å². The van der Waals surface area contributed by atoms with Crippen LogP contribution in [0.4, 0.5) is 0 Å². The maximum Gasteiger partial charge on any atom is 0.311 e. The molecule has 0 aliphatic carbocycles. The highest BCUT2D eigenvalue weighted by atomic mass is 32.2. The molecular formula is C17H24N2O5S. The van der Waals surface area contributed by atoms with E-state index in [0.29, 0.717) is 12.8 Å². The molecule has 138 valence electrons. The number of aliphatic carboxylic acids is 1. The second-order valence-corrected chi connectivity index (χ2v) is 7.41. The van der Waals surface area contributed by atoms with Crippen LogP contribution in [0.25, 0.3) is 0 Å². The van der Waals surface area contributed by atoms with Crippen molar-refractivity contribution in [2.45, 2.75) is 31.6 Å². The number of amides is 1. The van der Waals surface area contributed by atoms with Crippen molar-refractivity contribution >= 4 is 21.9 Å². The van der Waals surface area contributed by atoms with Gasteiger partial charge in [-0.05, 0) is 31.0 Å². The van der Waals surface area contributed by atoms with Crippen LogP contribution in [0, 0.1) is 5.41 Å². The lowest BCUT2D eigenvalue weighted by Gasteiger charge is -2.26. The Morgan fingerprint density at radius 1 is 1.28 bits per heavy atom. The van der Waals surface area contributed by atoms with E-state index < -0.39 is 27.3 Å². The van der Waals surface area contributed by atoms with Crippen molar-refractivity contribution in [2.75, 3.05) is 13.1 Å². The molecule has 0 bridgehead atoms. The second-order valence-electron chi connectivity index (χ2n) is 5.64. The maximum absolute atomic E-state index is 12.3. The van der Waals surface area contributed by atoms with Gasteiger partial charge in [-0.1, -0.05) is 26.0 Å². The number of benzene rings is 1. The number of hydrogen-bond donors (Lipinski definition) is 3. The Labute approximate surface area is 148 Å². The Kier molecular flexibility index (Phi) is 7.32. The Morgan fingerprint density at radius 2 is 1.92 bits per heavy atom. The first-order valence-electron chi connectivity index (χ1n) is 7.94. The first-order chi connectivity index (χ1) is 11.7. The molecule has 25 heavy (non-hydrogen) atoms. The van der Waals surface area contributed by atoms with Crippen molar-refractivity contribution in [3.63, 3.8) is 0 Å². The van der Waals surface area contributed by atoms with Crippen molar-refractivity contribution in [2.24, 2.45) is 5.41 Å². The summed E-state index contributed by atoms with van der Waals surface area (Å²) in [5.74, 6) is -1.49. The molecule has 0 aliphatic heterocycles. The van der Waals surface area contributed by atoms with Crippen LogP contribution in [0.2, 0.25) is 0 Å². The molecule has 1 rings (SSSR count). The minimum absolute atomic E-state index is 0.0279. The molecule has 0 atom stereocenters. The minimum atomic E-state index is -3.74. The molecule has 0 radical (unpaired) electrons. The smallest absolute Gasteiger partial charge is 0.311 e. The van der Waals surface area contributed by atoms with Gasteiger partial charge in [0.15, 0.2) is 0 Å². The summed E-state index contributed by atoms with van der Waals surface area (Å²) in [5.41, 5.74) is -0.891. The third kappa shape index (κ3) is 5.14. The molecule has 0 heterocycles. The number of nitrogens with one attached hydrogen (secondary N) is 2. The Hall–Kier alpha value is -2.19. The highest BCUT2D eigenvalue weighted by Gasteiger charge is 2.35. The Balaban J connectivity index is 2.95. The number of sulfonamides is 1. The number of carbonyl (C=O) groups excluding carboxylic acids is 1. The first kappa shape index (κ1) is 20.9. The molecule has 0 saturated heterocycles. The van der Waals surface area contributed by atoms with E-state index in [1.807, 2.05) is 0 Å². The van der Waals surface area contributed by atoms with Gasteiger partial charge in [0, 0.05) is 18.7 Å². The molecule has 1 aromatic carbocycles. The summed E-state index contributed by atoms with van der Waals surface area (Å²) in [5, 5.41) is 12.0. The molecule has 8 heteroatoms. The number of carboxylic acid groups (broad SMARTS) is 1. The number of hydrogen-bond acceptors (Lipinski definition) is 4. The molecule has 0 saturated carbocycles. The van der Waals surface area contributed by atoms with E-state index in [1.54, 1.807) is 13.8 Å². The molecule has 0 unspecified atom stereocenters. The molecule has 0 fully saturated rings. The molecule has 3 N–H and O–H groups in total. The van der Waals surface area contributed by atoms with Crippen molar-refractivity contribution < 1.29 is 23.1 Å². The third-order valence-electron chi connectivity index (χ3n) is 4.22. The van der Waals surface area contributed by atoms with Crippen molar-refractivity contribution in [1.82, 2.24) is 10.0 Å². The van der Waals surface area contributed by atoms with Gasteiger partial charge >= 0.3 is 5.97 Å². The van der Waals surface area contributed by atoms with E-state index in [2.05, 4.69) is 16.6 Å². The van der Waals surface area contributed by atoms with E-state index in [1.165, 1.54) is 30.3 Å². The fraction of sp³-hybridized carbons (Fsp3) is 0.412. The number of carboxylic acids is 1. The summed E-state index contributed by atoms with van der Waals surface area (Å²) in [6.07, 6.45) is 2.16. The highest BCUT2D eigenvalue weighted by molar-refractivity contribution is 7.89. The van der Waals surface area contributed by atoms with Crippen LogP contribution in [-0.2, 0) is 14.8 Å². The van der Waals surface area contributed by atoms with Crippen LogP contribution in [0.1, 0.15) is 37.0 Å². The monoisotopic (exact) mass is 368 g/mol. The maximum atomic E-state index is 12.3. The topological polar surface area (TPSA) is 113 Å². The first-order valence-corrected chi connectivity index (χ1v) is 9.43. The van der Waals surface area contributed by atoms with Crippen LogP contribution >= 0.6 is 0 Å². The lowest BCUT2D eigenvalue weighted by atomic mass is 9.82. The molecule has 0 spiro atoms. The van der Waals surface area contributed by atoms with Crippen molar-refractivity contribution in [3.05, 3.63) is 42.5 Å². The largest absolute Gasteiger partial charge is 0.481 e. The predicted octanol–water partition coefficient (Wildman–Crippen LogP) is 1.77. The zero-order chi connectivity index (χ0) is 19.1. The van der Waals surface area contributed by atoms with Gasteiger partial charge in [0.25, 0.3) is 5.91 Å². The average molecular weight is 368 g/mol. The van der Waals surface area contributed by atoms with Gasteiger partial charge in [-0.3, -0.25) is 9.59 Å². The van der Waals surface area contributed by atoms with Crippen LogP contribution in [0.3, 0.4) is 0 Å². The van der Waals surface area contributed by atoms with Gasteiger partial charge in [0.1, 0.15) is 0 Å². The summed E-state index contributed by atoms with van der Waals surface area (Å²) in [6.45, 7) is 6.99. The highest BCUT2D eigenvalue weighted by Crippen LogP contribution is 2.25. The Bertz CT molecular complexity index is 739. The molecule has 1 amide bonds. The lowest BCUT2D eigenvalue weighted by molar-refractivity contribution is -0.149. The third-order valence-corrected chi connectivity index (χ3v) is 5.64. The van der Waals surface area contributed by atoms with E-state index >= 15 is 0 Å². The lowest BCUT2D eigenvalue weighted by Crippen LogP contribution is -2.42. The van der Waals surface area contributed by atoms with Crippen LogP contribution in [0.5, 0.6) is 0 Å².